The van der Waals surface area contributed by atoms with Crippen LogP contribution in [0, 0.1) is 0 Å². The van der Waals surface area contributed by atoms with Crippen LogP contribution in [0.2, 0.25) is 10.0 Å². The topological polar surface area (TPSA) is 115 Å². The molecule has 12 rings (SSSR count). The Bertz CT molecular complexity index is 3880. The molecule has 6 aromatic carbocycles. The standard InChI is InChI=1S/C74H74Cl2N4O6S2/c1-7-13-15-17-19-21-37-77-59-41-53(63-35-33-61(87-63)45-29-31-51-65-47(45)25-23-27-49(65)69(81)79(71(51)83)43(9-3)10-4)57(75)39-55(59)67(73(77)85)68-56-40-58(76)54(42-60(56)78(74(68)86)38-22-20-18-16-14-8-2)64-36-34-62(88-64)46-30-32-52-66-48(46)26-24-28-50(66)70(82)80(72(52)84)44(11-5)12-6/h23-36,39-44H,7-22,37-38H2,1-6H3/b68-67+. The van der Waals surface area contributed by atoms with Gasteiger partial charge >= 0.3 is 0 Å². The quantitative estimate of drug-likeness (QED) is 0.0338. The average molecular weight is 1250 g/mol. The maximum absolute atomic E-state index is 15.5. The first-order chi connectivity index (χ1) is 42.8. The monoisotopic (exact) mass is 1250 g/mol. The number of imide groups is 2. The lowest BCUT2D eigenvalue weighted by Crippen LogP contribution is -2.46. The Balaban J connectivity index is 0.930. The zero-order valence-corrected chi connectivity index (χ0v) is 54.2. The zero-order chi connectivity index (χ0) is 61.7. The number of anilines is 2. The van der Waals surface area contributed by atoms with Crippen LogP contribution in [-0.2, 0) is 9.59 Å². The third kappa shape index (κ3) is 10.5. The summed E-state index contributed by atoms with van der Waals surface area (Å²) in [4.78, 5) is 97.5. The number of hydrogen-bond donors (Lipinski definition) is 0. The lowest BCUT2D eigenvalue weighted by molar-refractivity contribution is -0.114. The molecule has 0 spiro atoms. The number of thiophene rings is 2. The van der Waals surface area contributed by atoms with Gasteiger partial charge in [0.05, 0.1) is 22.5 Å². The summed E-state index contributed by atoms with van der Waals surface area (Å²) in [7, 11) is 0. The Labute approximate surface area is 534 Å². The van der Waals surface area contributed by atoms with Crippen molar-refractivity contribution < 1.29 is 28.8 Å². The minimum absolute atomic E-state index is 0.189. The second-order valence-electron chi connectivity index (χ2n) is 23.9. The minimum atomic E-state index is -0.263. The highest BCUT2D eigenvalue weighted by Gasteiger charge is 2.44. The number of rotatable bonds is 24. The number of hydrogen-bond acceptors (Lipinski definition) is 8. The van der Waals surface area contributed by atoms with Crippen LogP contribution in [0.15, 0.2) is 109 Å². The molecule has 0 N–H and O–H groups in total. The molecule has 0 radical (unpaired) electrons. The van der Waals surface area contributed by atoms with E-state index in [2.05, 4.69) is 13.8 Å². The highest BCUT2D eigenvalue weighted by Crippen LogP contribution is 2.53. The molecule has 6 heterocycles. The van der Waals surface area contributed by atoms with Gasteiger partial charge in [0.2, 0.25) is 0 Å². The molecule has 0 unspecified atom stereocenters. The van der Waals surface area contributed by atoms with Gasteiger partial charge in [-0.25, -0.2) is 0 Å². The zero-order valence-electron chi connectivity index (χ0n) is 51.1. The van der Waals surface area contributed by atoms with E-state index in [0.29, 0.717) is 115 Å². The van der Waals surface area contributed by atoms with Gasteiger partial charge in [0, 0.05) is 110 Å². The molecule has 452 valence electrons. The number of carbonyl (C=O) groups is 6. The Morgan fingerprint density at radius 2 is 0.682 bits per heavy atom. The van der Waals surface area contributed by atoms with Crippen molar-refractivity contribution in [1.29, 1.82) is 0 Å². The number of amides is 6. The number of fused-ring (bicyclic) bond motifs is 2. The molecule has 8 aromatic rings. The van der Waals surface area contributed by atoms with Crippen molar-refractivity contribution >= 4 is 125 Å². The molecule has 0 bridgehead atoms. The normalized spacial score (nSPS) is 15.5. The molecule has 0 atom stereocenters. The van der Waals surface area contributed by atoms with Crippen LogP contribution in [0.1, 0.15) is 197 Å². The molecule has 6 amide bonds. The van der Waals surface area contributed by atoms with Crippen molar-refractivity contribution in [3.05, 3.63) is 153 Å². The van der Waals surface area contributed by atoms with E-state index in [0.717, 1.165) is 130 Å². The number of halogens is 2. The summed E-state index contributed by atoms with van der Waals surface area (Å²) in [6, 6.07) is 34.6. The fourth-order valence-electron chi connectivity index (χ4n) is 14.0. The maximum Gasteiger partial charge on any atom is 0.261 e. The van der Waals surface area contributed by atoms with E-state index in [1.165, 1.54) is 9.80 Å². The minimum Gasteiger partial charge on any atom is -0.308 e. The van der Waals surface area contributed by atoms with Gasteiger partial charge in [-0.15, -0.1) is 22.7 Å². The molecule has 0 saturated heterocycles. The predicted octanol–water partition coefficient (Wildman–Crippen LogP) is 20.0. The molecule has 2 aromatic heterocycles. The van der Waals surface area contributed by atoms with Gasteiger partial charge in [-0.2, -0.15) is 0 Å². The molecule has 0 aliphatic carbocycles. The highest BCUT2D eigenvalue weighted by molar-refractivity contribution is 7.19. The van der Waals surface area contributed by atoms with Gasteiger partial charge in [-0.05, 0) is 133 Å². The van der Waals surface area contributed by atoms with E-state index in [-0.39, 0.29) is 47.5 Å². The van der Waals surface area contributed by atoms with E-state index >= 15 is 9.59 Å². The Kier molecular flexibility index (Phi) is 17.8. The fourth-order valence-corrected chi connectivity index (χ4v) is 16.8. The van der Waals surface area contributed by atoms with Crippen molar-refractivity contribution in [3.8, 4) is 41.8 Å². The number of benzene rings is 6. The first-order valence-electron chi connectivity index (χ1n) is 31.9. The SMILES string of the molecule is CCCCCCCCN1C(=O)/C(=C2/C(=O)N(CCCCCCCC)c3cc(-c4ccc(-c5ccc6c7c(cccc57)C(=O)N(C(CC)CC)C6=O)s4)c(Cl)cc32)c2cc(Cl)c(-c3ccc(-c4ccc5c6c(cccc46)C(=O)N(C(CC)CC)C5=O)s3)cc21. The van der Waals surface area contributed by atoms with E-state index < -0.39 is 0 Å². The number of carbonyl (C=O) groups excluding carboxylic acids is 6. The molecule has 0 fully saturated rings. The van der Waals surface area contributed by atoms with Crippen LogP contribution in [0.3, 0.4) is 0 Å². The Hall–Kier alpha value is -7.22. The second-order valence-corrected chi connectivity index (χ2v) is 26.9. The summed E-state index contributed by atoms with van der Waals surface area (Å²) in [5.74, 6) is -1.54. The van der Waals surface area contributed by atoms with Crippen molar-refractivity contribution in [2.24, 2.45) is 0 Å². The van der Waals surface area contributed by atoms with Crippen LogP contribution in [0.4, 0.5) is 11.4 Å². The third-order valence-electron chi connectivity index (χ3n) is 18.7. The van der Waals surface area contributed by atoms with Gasteiger partial charge in [0.1, 0.15) is 0 Å². The average Bonchev–Trinajstić information content (AvgIpc) is 1.27. The van der Waals surface area contributed by atoms with Crippen LogP contribution in [0.5, 0.6) is 0 Å². The van der Waals surface area contributed by atoms with Crippen LogP contribution in [-0.4, -0.2) is 70.4 Å². The second kappa shape index (κ2) is 25.7. The molecular formula is C74H74Cl2N4O6S2. The molecular weight excluding hydrogens is 1180 g/mol. The molecule has 88 heavy (non-hydrogen) atoms. The summed E-state index contributed by atoms with van der Waals surface area (Å²) in [5.41, 5.74) is 8.65. The molecule has 0 saturated carbocycles. The summed E-state index contributed by atoms with van der Waals surface area (Å²) < 4.78 is 0. The summed E-state index contributed by atoms with van der Waals surface area (Å²) in [6.07, 6.45) is 15.1. The van der Waals surface area contributed by atoms with E-state index in [4.69, 9.17) is 23.2 Å². The first-order valence-corrected chi connectivity index (χ1v) is 34.3. The Morgan fingerprint density at radius 3 is 1.05 bits per heavy atom. The van der Waals surface area contributed by atoms with Crippen molar-refractivity contribution in [2.75, 3.05) is 22.9 Å². The van der Waals surface area contributed by atoms with Gasteiger partial charge in [0.15, 0.2) is 0 Å². The predicted molar refractivity (Wildman–Crippen MR) is 363 cm³/mol. The van der Waals surface area contributed by atoms with Crippen LogP contribution in [0.25, 0.3) is 74.5 Å². The summed E-state index contributed by atoms with van der Waals surface area (Å²) in [6.45, 7) is 13.3. The van der Waals surface area contributed by atoms with Crippen LogP contribution >= 0.6 is 45.9 Å². The number of unbranched alkanes of at least 4 members (excludes halogenated alkanes) is 10. The molecule has 4 aliphatic rings. The molecule has 14 heteroatoms. The maximum atomic E-state index is 15.5. The Morgan fingerprint density at radius 1 is 0.352 bits per heavy atom. The molecule has 4 aliphatic heterocycles. The lowest BCUT2D eigenvalue weighted by atomic mass is 9.89. The smallest absolute Gasteiger partial charge is 0.261 e. The van der Waals surface area contributed by atoms with E-state index in [9.17, 15) is 19.2 Å². The largest absolute Gasteiger partial charge is 0.308 e. The number of nitrogens with zero attached hydrogens (tertiary/aromatic N) is 4. The van der Waals surface area contributed by atoms with E-state index in [1.54, 1.807) is 22.7 Å². The summed E-state index contributed by atoms with van der Waals surface area (Å²) in [5, 5.41) is 3.86. The lowest BCUT2D eigenvalue weighted by Gasteiger charge is -2.33. The van der Waals surface area contributed by atoms with Gasteiger partial charge < -0.3 is 9.80 Å². The summed E-state index contributed by atoms with van der Waals surface area (Å²) >= 11 is 18.1. The molecule has 10 nitrogen and oxygen atoms in total. The van der Waals surface area contributed by atoms with Gasteiger partial charge in [-0.3, -0.25) is 38.6 Å². The van der Waals surface area contributed by atoms with Crippen molar-refractivity contribution in [1.82, 2.24) is 9.80 Å². The first kappa shape index (κ1) is 61.0. The van der Waals surface area contributed by atoms with Crippen LogP contribution < -0.4 is 9.80 Å². The highest BCUT2D eigenvalue weighted by atomic mass is 35.5. The van der Waals surface area contributed by atoms with Gasteiger partial charge in [0.25, 0.3) is 35.4 Å². The van der Waals surface area contributed by atoms with E-state index in [1.807, 2.05) is 147 Å². The van der Waals surface area contributed by atoms with Gasteiger partial charge in [-0.1, -0.05) is 165 Å². The fraction of sp³-hybridized carbons (Fsp3) is 0.351. The van der Waals surface area contributed by atoms with Crippen molar-refractivity contribution in [3.63, 3.8) is 0 Å². The third-order valence-corrected chi connectivity index (χ3v) is 21.6. The van der Waals surface area contributed by atoms with Crippen molar-refractivity contribution in [2.45, 2.75) is 156 Å².